The Kier molecular flexibility index (Phi) is 4.16. The van der Waals surface area contributed by atoms with Gasteiger partial charge in [-0.25, -0.2) is 0 Å². The van der Waals surface area contributed by atoms with Crippen LogP contribution in [0.1, 0.15) is 5.56 Å². The summed E-state index contributed by atoms with van der Waals surface area (Å²) in [6.45, 7) is 0.322. The van der Waals surface area contributed by atoms with Gasteiger partial charge in [-0.05, 0) is 12.1 Å². The molecule has 1 saturated heterocycles. The first-order valence-electron chi connectivity index (χ1n) is 5.85. The Morgan fingerprint density at radius 3 is 2.68 bits per heavy atom. The number of hydrogen-bond acceptors (Lipinski definition) is 3. The van der Waals surface area contributed by atoms with E-state index in [9.17, 15) is 9.59 Å². The van der Waals surface area contributed by atoms with Crippen LogP contribution < -0.4 is 5.32 Å². The monoisotopic (exact) mass is 259 g/mol. The van der Waals surface area contributed by atoms with E-state index in [2.05, 4.69) is 17.2 Å². The molecule has 0 spiro atoms. The normalized spacial score (nSPS) is 21.3. The third-order valence-corrected chi connectivity index (χ3v) is 2.81. The van der Waals surface area contributed by atoms with E-state index in [1.165, 1.54) is 0 Å². The number of carboxylic acids is 1. The fraction of sp³-hybridized carbons (Fsp3) is 0.286. The minimum absolute atomic E-state index is 0.117. The van der Waals surface area contributed by atoms with Crippen molar-refractivity contribution in [2.45, 2.75) is 6.04 Å². The van der Waals surface area contributed by atoms with Crippen LogP contribution in [0.3, 0.4) is 0 Å². The summed E-state index contributed by atoms with van der Waals surface area (Å²) in [6, 6.07) is 8.58. The number of carbonyl (C=O) groups is 2. The highest BCUT2D eigenvalue weighted by Gasteiger charge is 2.34. The SMILES string of the molecule is O=C(C#Cc1ccccc1)NC1COCC1C(=O)O. The topological polar surface area (TPSA) is 75.6 Å². The van der Waals surface area contributed by atoms with Gasteiger partial charge in [0.1, 0.15) is 5.92 Å². The second-order valence-electron chi connectivity index (χ2n) is 4.18. The van der Waals surface area contributed by atoms with Crippen molar-refractivity contribution in [3.8, 4) is 11.8 Å². The van der Waals surface area contributed by atoms with E-state index >= 15 is 0 Å². The minimum atomic E-state index is -0.973. The number of nitrogens with one attached hydrogen (secondary N) is 1. The highest BCUT2D eigenvalue weighted by molar-refractivity contribution is 5.94. The van der Waals surface area contributed by atoms with Crippen LogP contribution >= 0.6 is 0 Å². The van der Waals surface area contributed by atoms with Crippen molar-refractivity contribution in [1.29, 1.82) is 0 Å². The maximum absolute atomic E-state index is 11.6. The molecule has 5 nitrogen and oxygen atoms in total. The van der Waals surface area contributed by atoms with Crippen LogP contribution in [0, 0.1) is 17.8 Å². The zero-order chi connectivity index (χ0) is 13.7. The van der Waals surface area contributed by atoms with Crippen LogP contribution in [0.25, 0.3) is 0 Å². The molecule has 1 aromatic rings. The molecule has 0 saturated carbocycles. The molecule has 0 aromatic heterocycles. The lowest BCUT2D eigenvalue weighted by molar-refractivity contribution is -0.142. The summed E-state index contributed by atoms with van der Waals surface area (Å²) >= 11 is 0. The Labute approximate surface area is 110 Å². The van der Waals surface area contributed by atoms with Crippen LogP contribution in [0.5, 0.6) is 0 Å². The minimum Gasteiger partial charge on any atom is -0.481 e. The van der Waals surface area contributed by atoms with Crippen molar-refractivity contribution in [3.63, 3.8) is 0 Å². The number of aliphatic carboxylic acids is 1. The molecule has 1 amide bonds. The summed E-state index contributed by atoms with van der Waals surface area (Å²) < 4.78 is 5.05. The Bertz CT molecular complexity index is 529. The molecule has 0 aliphatic carbocycles. The molecule has 5 heteroatoms. The number of rotatable bonds is 2. The summed E-state index contributed by atoms with van der Waals surface area (Å²) in [4.78, 5) is 22.5. The van der Waals surface area contributed by atoms with Gasteiger partial charge in [-0.3, -0.25) is 9.59 Å². The summed E-state index contributed by atoms with van der Waals surface area (Å²) in [5, 5.41) is 11.5. The third-order valence-electron chi connectivity index (χ3n) is 2.81. The molecule has 2 rings (SSSR count). The number of carboxylic acid groups (broad SMARTS) is 1. The third kappa shape index (κ3) is 3.57. The molecule has 98 valence electrons. The van der Waals surface area contributed by atoms with Crippen molar-refractivity contribution in [2.24, 2.45) is 5.92 Å². The maximum atomic E-state index is 11.6. The quantitative estimate of drug-likeness (QED) is 0.747. The fourth-order valence-electron chi connectivity index (χ4n) is 1.79. The summed E-state index contributed by atoms with van der Waals surface area (Å²) in [5.41, 5.74) is 0.732. The van der Waals surface area contributed by atoms with Crippen LogP contribution in [0.15, 0.2) is 30.3 Å². The van der Waals surface area contributed by atoms with Crippen molar-refractivity contribution in [3.05, 3.63) is 35.9 Å². The van der Waals surface area contributed by atoms with Gasteiger partial charge in [0, 0.05) is 11.5 Å². The second-order valence-corrected chi connectivity index (χ2v) is 4.18. The molecule has 1 aliphatic heterocycles. The van der Waals surface area contributed by atoms with E-state index in [-0.39, 0.29) is 13.2 Å². The van der Waals surface area contributed by atoms with Gasteiger partial charge < -0.3 is 15.2 Å². The molecule has 2 unspecified atom stereocenters. The van der Waals surface area contributed by atoms with Crippen LogP contribution in [0.2, 0.25) is 0 Å². The van der Waals surface area contributed by atoms with E-state index in [4.69, 9.17) is 9.84 Å². The van der Waals surface area contributed by atoms with Gasteiger partial charge >= 0.3 is 5.97 Å². The number of ether oxygens (including phenoxy) is 1. The van der Waals surface area contributed by atoms with E-state index in [1.54, 1.807) is 12.1 Å². The van der Waals surface area contributed by atoms with Gasteiger partial charge in [0.25, 0.3) is 5.91 Å². The summed E-state index contributed by atoms with van der Waals surface area (Å²) in [7, 11) is 0. The predicted octanol–water partition coefficient (Wildman–Crippen LogP) is 0.254. The first-order valence-corrected chi connectivity index (χ1v) is 5.85. The average Bonchev–Trinajstić information content (AvgIpc) is 2.86. The van der Waals surface area contributed by atoms with Gasteiger partial charge in [-0.15, -0.1) is 0 Å². The number of benzene rings is 1. The molecule has 2 atom stereocenters. The number of amides is 1. The van der Waals surface area contributed by atoms with E-state index < -0.39 is 23.8 Å². The molecule has 1 fully saturated rings. The zero-order valence-corrected chi connectivity index (χ0v) is 10.1. The van der Waals surface area contributed by atoms with Gasteiger partial charge in [-0.1, -0.05) is 24.1 Å². The lowest BCUT2D eigenvalue weighted by atomic mass is 10.0. The predicted molar refractivity (Wildman–Crippen MR) is 67.2 cm³/mol. The highest BCUT2D eigenvalue weighted by atomic mass is 16.5. The van der Waals surface area contributed by atoms with Gasteiger partial charge in [-0.2, -0.15) is 0 Å². The molecule has 1 heterocycles. The van der Waals surface area contributed by atoms with Crippen LogP contribution in [0.4, 0.5) is 0 Å². The van der Waals surface area contributed by atoms with Gasteiger partial charge in [0.2, 0.25) is 0 Å². The molecule has 0 radical (unpaired) electrons. The fourth-order valence-corrected chi connectivity index (χ4v) is 1.79. The lowest BCUT2D eigenvalue weighted by Gasteiger charge is -2.13. The first kappa shape index (κ1) is 13.1. The van der Waals surface area contributed by atoms with Crippen LogP contribution in [-0.2, 0) is 14.3 Å². The molecule has 2 N–H and O–H groups in total. The van der Waals surface area contributed by atoms with Gasteiger partial charge in [0.15, 0.2) is 0 Å². The Morgan fingerprint density at radius 1 is 1.26 bits per heavy atom. The maximum Gasteiger partial charge on any atom is 0.311 e. The van der Waals surface area contributed by atoms with Crippen molar-refractivity contribution in [2.75, 3.05) is 13.2 Å². The first-order chi connectivity index (χ1) is 9.16. The second kappa shape index (κ2) is 6.03. The molecular formula is C14H13NO4. The highest BCUT2D eigenvalue weighted by Crippen LogP contribution is 2.13. The van der Waals surface area contributed by atoms with E-state index in [0.29, 0.717) is 0 Å². The van der Waals surface area contributed by atoms with E-state index in [1.807, 2.05) is 18.2 Å². The Hall–Kier alpha value is -2.32. The van der Waals surface area contributed by atoms with Crippen molar-refractivity contribution in [1.82, 2.24) is 5.32 Å². The largest absolute Gasteiger partial charge is 0.481 e. The summed E-state index contributed by atoms with van der Waals surface area (Å²) in [5.74, 6) is 2.97. The summed E-state index contributed by atoms with van der Waals surface area (Å²) in [6.07, 6.45) is 0. The molecule has 19 heavy (non-hydrogen) atoms. The van der Waals surface area contributed by atoms with Crippen molar-refractivity contribution >= 4 is 11.9 Å². The Balaban J connectivity index is 1.95. The molecular weight excluding hydrogens is 246 g/mol. The number of carbonyl (C=O) groups excluding carboxylic acids is 1. The standard InChI is InChI=1S/C14H13NO4/c16-13(7-6-10-4-2-1-3-5-10)15-12-9-19-8-11(12)14(17)18/h1-5,11-12H,8-9H2,(H,15,16)(H,17,18). The van der Waals surface area contributed by atoms with Crippen LogP contribution in [-0.4, -0.2) is 36.2 Å². The molecule has 0 bridgehead atoms. The Morgan fingerprint density at radius 2 is 2.00 bits per heavy atom. The molecule has 1 aliphatic rings. The van der Waals surface area contributed by atoms with Crippen molar-refractivity contribution < 1.29 is 19.4 Å². The average molecular weight is 259 g/mol. The molecule has 1 aromatic carbocycles. The van der Waals surface area contributed by atoms with E-state index in [0.717, 1.165) is 5.56 Å². The number of hydrogen-bond donors (Lipinski definition) is 2. The zero-order valence-electron chi connectivity index (χ0n) is 10.1. The smallest absolute Gasteiger partial charge is 0.311 e. The van der Waals surface area contributed by atoms with Gasteiger partial charge in [0.05, 0.1) is 19.3 Å². The lowest BCUT2D eigenvalue weighted by Crippen LogP contribution is -2.42.